The Morgan fingerprint density at radius 2 is 2.10 bits per heavy atom. The Morgan fingerprint density at radius 1 is 1.40 bits per heavy atom. The Balaban J connectivity index is 2.05. The monoisotopic (exact) mass is 279 g/mol. The highest BCUT2D eigenvalue weighted by Gasteiger charge is 2.23. The first-order valence-electron chi connectivity index (χ1n) is 7.26. The fraction of sp³-hybridized carbons (Fsp3) is 0.600. The predicted octanol–water partition coefficient (Wildman–Crippen LogP) is 2.96. The van der Waals surface area contributed by atoms with E-state index in [1.165, 1.54) is 25.3 Å². The Hall–Kier alpha value is -1.65. The van der Waals surface area contributed by atoms with Gasteiger partial charge in [-0.1, -0.05) is 19.3 Å². The van der Waals surface area contributed by atoms with Crippen molar-refractivity contribution in [2.45, 2.75) is 45.1 Å². The number of rotatable bonds is 4. The van der Waals surface area contributed by atoms with Crippen LogP contribution in [-0.2, 0) is 0 Å². The molecular formula is C15H22FN3O. The standard InChI is InChI=1S/C15H22FN3O/c1-10(11-6-4-3-5-7-11)19-15(20)13-8-12(16)9-18-14(13)17-2/h8-11H,3-7H2,1-2H3,(H,17,18)(H,19,20). The van der Waals surface area contributed by atoms with E-state index in [0.29, 0.717) is 11.7 Å². The van der Waals surface area contributed by atoms with Gasteiger partial charge in [-0.15, -0.1) is 0 Å². The third kappa shape index (κ3) is 3.46. The van der Waals surface area contributed by atoms with Crippen molar-refractivity contribution in [3.05, 3.63) is 23.6 Å². The molecule has 0 saturated heterocycles. The van der Waals surface area contributed by atoms with Gasteiger partial charge in [-0.05, 0) is 31.7 Å². The molecule has 1 aromatic rings. The van der Waals surface area contributed by atoms with E-state index in [4.69, 9.17) is 0 Å². The zero-order chi connectivity index (χ0) is 14.5. The van der Waals surface area contributed by atoms with Crippen LogP contribution in [0.3, 0.4) is 0 Å². The molecule has 0 bridgehead atoms. The molecule has 1 unspecified atom stereocenters. The molecule has 1 amide bonds. The lowest BCUT2D eigenvalue weighted by Crippen LogP contribution is -2.39. The fourth-order valence-electron chi connectivity index (χ4n) is 2.85. The summed E-state index contributed by atoms with van der Waals surface area (Å²) in [6.45, 7) is 2.03. The molecule has 0 radical (unpaired) electrons. The predicted molar refractivity (Wildman–Crippen MR) is 77.2 cm³/mol. The van der Waals surface area contributed by atoms with E-state index in [1.54, 1.807) is 7.05 Å². The molecule has 1 saturated carbocycles. The number of nitrogens with one attached hydrogen (secondary N) is 2. The van der Waals surface area contributed by atoms with Crippen molar-refractivity contribution in [1.29, 1.82) is 0 Å². The number of carbonyl (C=O) groups excluding carboxylic acids is 1. The second-order valence-electron chi connectivity index (χ2n) is 5.46. The fourth-order valence-corrected chi connectivity index (χ4v) is 2.85. The van der Waals surface area contributed by atoms with Gasteiger partial charge in [-0.2, -0.15) is 0 Å². The van der Waals surface area contributed by atoms with E-state index in [2.05, 4.69) is 15.6 Å². The maximum atomic E-state index is 13.3. The molecule has 1 aromatic heterocycles. The Kier molecular flexibility index (Phi) is 4.93. The van der Waals surface area contributed by atoms with Gasteiger partial charge in [-0.3, -0.25) is 4.79 Å². The van der Waals surface area contributed by atoms with Gasteiger partial charge in [0.2, 0.25) is 0 Å². The maximum Gasteiger partial charge on any atom is 0.255 e. The van der Waals surface area contributed by atoms with Crippen LogP contribution in [0, 0.1) is 11.7 Å². The molecule has 0 aromatic carbocycles. The van der Waals surface area contributed by atoms with Crippen molar-refractivity contribution in [2.75, 3.05) is 12.4 Å². The smallest absolute Gasteiger partial charge is 0.255 e. The third-order valence-corrected chi connectivity index (χ3v) is 4.05. The van der Waals surface area contributed by atoms with Crippen LogP contribution in [0.5, 0.6) is 0 Å². The molecule has 20 heavy (non-hydrogen) atoms. The van der Waals surface area contributed by atoms with Crippen LogP contribution in [0.25, 0.3) is 0 Å². The van der Waals surface area contributed by atoms with E-state index < -0.39 is 5.82 Å². The number of aromatic nitrogens is 1. The summed E-state index contributed by atoms with van der Waals surface area (Å²) in [5.41, 5.74) is 0.259. The molecule has 2 N–H and O–H groups in total. The van der Waals surface area contributed by atoms with Gasteiger partial charge in [0.25, 0.3) is 5.91 Å². The van der Waals surface area contributed by atoms with Crippen molar-refractivity contribution in [1.82, 2.24) is 10.3 Å². The molecule has 2 rings (SSSR count). The maximum absolute atomic E-state index is 13.3. The molecule has 0 aliphatic heterocycles. The first-order chi connectivity index (χ1) is 9.61. The average molecular weight is 279 g/mol. The number of halogens is 1. The SMILES string of the molecule is CNc1ncc(F)cc1C(=O)NC(C)C1CCCCC1. The van der Waals surface area contributed by atoms with Crippen LogP contribution in [-0.4, -0.2) is 24.0 Å². The average Bonchev–Trinajstić information content (AvgIpc) is 2.48. The summed E-state index contributed by atoms with van der Waals surface area (Å²) in [4.78, 5) is 16.2. The topological polar surface area (TPSA) is 54.0 Å². The van der Waals surface area contributed by atoms with Crippen molar-refractivity contribution in [3.8, 4) is 0 Å². The molecule has 1 atom stereocenters. The molecule has 1 aliphatic rings. The Labute approximate surface area is 119 Å². The third-order valence-electron chi connectivity index (χ3n) is 4.05. The lowest BCUT2D eigenvalue weighted by Gasteiger charge is -2.28. The van der Waals surface area contributed by atoms with Crippen molar-refractivity contribution < 1.29 is 9.18 Å². The van der Waals surface area contributed by atoms with Gasteiger partial charge in [0.05, 0.1) is 11.8 Å². The van der Waals surface area contributed by atoms with Gasteiger partial charge in [0, 0.05) is 13.1 Å². The highest BCUT2D eigenvalue weighted by atomic mass is 19.1. The van der Waals surface area contributed by atoms with Gasteiger partial charge in [0.1, 0.15) is 11.6 Å². The number of carbonyl (C=O) groups is 1. The van der Waals surface area contributed by atoms with Gasteiger partial charge in [0.15, 0.2) is 0 Å². The minimum Gasteiger partial charge on any atom is -0.372 e. The Bertz CT molecular complexity index is 472. The molecule has 4 nitrogen and oxygen atoms in total. The molecule has 0 spiro atoms. The van der Waals surface area contributed by atoms with Gasteiger partial charge < -0.3 is 10.6 Å². The second kappa shape index (κ2) is 6.68. The van der Waals surface area contributed by atoms with E-state index in [-0.39, 0.29) is 17.5 Å². The first kappa shape index (κ1) is 14.8. The minimum atomic E-state index is -0.500. The number of amides is 1. The molecule has 110 valence electrons. The van der Waals surface area contributed by atoms with Crippen LogP contribution in [0.15, 0.2) is 12.3 Å². The minimum absolute atomic E-state index is 0.107. The van der Waals surface area contributed by atoms with Crippen LogP contribution < -0.4 is 10.6 Å². The summed E-state index contributed by atoms with van der Waals surface area (Å²) < 4.78 is 13.3. The summed E-state index contributed by atoms with van der Waals surface area (Å²) in [5.74, 6) is 0.158. The number of anilines is 1. The molecule has 5 heteroatoms. The lowest BCUT2D eigenvalue weighted by molar-refractivity contribution is 0.0919. The largest absolute Gasteiger partial charge is 0.372 e. The van der Waals surface area contributed by atoms with E-state index >= 15 is 0 Å². The summed E-state index contributed by atoms with van der Waals surface area (Å²) in [6, 6.07) is 1.33. The van der Waals surface area contributed by atoms with Crippen LogP contribution in [0.1, 0.15) is 49.4 Å². The zero-order valence-corrected chi connectivity index (χ0v) is 12.1. The van der Waals surface area contributed by atoms with Gasteiger partial charge in [-0.25, -0.2) is 9.37 Å². The summed E-state index contributed by atoms with van der Waals surface area (Å²) in [5, 5.41) is 5.80. The van der Waals surface area contributed by atoms with Crippen molar-refractivity contribution in [2.24, 2.45) is 5.92 Å². The second-order valence-corrected chi connectivity index (χ2v) is 5.46. The lowest BCUT2D eigenvalue weighted by atomic mass is 9.84. The zero-order valence-electron chi connectivity index (χ0n) is 12.1. The van der Waals surface area contributed by atoms with Crippen LogP contribution in [0.4, 0.5) is 10.2 Å². The van der Waals surface area contributed by atoms with Crippen molar-refractivity contribution in [3.63, 3.8) is 0 Å². The highest BCUT2D eigenvalue weighted by Crippen LogP contribution is 2.26. The van der Waals surface area contributed by atoms with E-state index in [0.717, 1.165) is 19.0 Å². The molecule has 1 heterocycles. The van der Waals surface area contributed by atoms with Crippen LogP contribution in [0.2, 0.25) is 0 Å². The summed E-state index contributed by atoms with van der Waals surface area (Å²) in [6.07, 6.45) is 7.16. The highest BCUT2D eigenvalue weighted by molar-refractivity contribution is 5.98. The van der Waals surface area contributed by atoms with Crippen LogP contribution >= 0.6 is 0 Å². The molecule has 1 aliphatic carbocycles. The normalized spacial score (nSPS) is 17.6. The number of pyridine rings is 1. The van der Waals surface area contributed by atoms with Crippen molar-refractivity contribution >= 4 is 11.7 Å². The number of hydrogen-bond donors (Lipinski definition) is 2. The Morgan fingerprint density at radius 3 is 2.75 bits per heavy atom. The number of hydrogen-bond acceptors (Lipinski definition) is 3. The van der Waals surface area contributed by atoms with Gasteiger partial charge >= 0.3 is 0 Å². The summed E-state index contributed by atoms with van der Waals surface area (Å²) >= 11 is 0. The quantitative estimate of drug-likeness (QED) is 0.891. The van der Waals surface area contributed by atoms with E-state index in [9.17, 15) is 9.18 Å². The summed E-state index contributed by atoms with van der Waals surface area (Å²) in [7, 11) is 1.67. The molecular weight excluding hydrogens is 257 g/mol. The first-order valence-corrected chi connectivity index (χ1v) is 7.26. The van der Waals surface area contributed by atoms with E-state index in [1.807, 2.05) is 6.92 Å². The number of nitrogens with zero attached hydrogens (tertiary/aromatic N) is 1. The molecule has 1 fully saturated rings.